The van der Waals surface area contributed by atoms with E-state index in [-0.39, 0.29) is 5.41 Å². The molecule has 0 spiro atoms. The summed E-state index contributed by atoms with van der Waals surface area (Å²) < 4.78 is 10.6. The van der Waals surface area contributed by atoms with Crippen LogP contribution in [0.25, 0.3) is 0 Å². The molecule has 1 aromatic carbocycles. The van der Waals surface area contributed by atoms with Crippen LogP contribution in [0.15, 0.2) is 23.3 Å². The van der Waals surface area contributed by atoms with E-state index in [2.05, 4.69) is 24.4 Å². The predicted octanol–water partition coefficient (Wildman–Crippen LogP) is 2.43. The van der Waals surface area contributed by atoms with Crippen LogP contribution in [0.5, 0.6) is 11.5 Å². The van der Waals surface area contributed by atoms with Crippen molar-refractivity contribution in [3.63, 3.8) is 0 Å². The largest absolute Gasteiger partial charge is 0.493 e. The summed E-state index contributed by atoms with van der Waals surface area (Å²) in [5, 5.41) is 4.43. The third-order valence-corrected chi connectivity index (χ3v) is 3.67. The zero-order valence-electron chi connectivity index (χ0n) is 11.4. The lowest BCUT2D eigenvalue weighted by Crippen LogP contribution is -2.29. The second-order valence-electron chi connectivity index (χ2n) is 4.78. The van der Waals surface area contributed by atoms with Crippen LogP contribution in [0, 0.1) is 5.41 Å². The summed E-state index contributed by atoms with van der Waals surface area (Å²) in [6.07, 6.45) is 1.05. The predicted molar refractivity (Wildman–Crippen MR) is 72.5 cm³/mol. The van der Waals surface area contributed by atoms with Crippen molar-refractivity contribution in [3.8, 4) is 11.5 Å². The maximum Gasteiger partial charge on any atom is 0.161 e. The zero-order chi connectivity index (χ0) is 13.2. The molecule has 1 aliphatic heterocycles. The number of hydrogen-bond acceptors (Lipinski definition) is 4. The molecule has 0 bridgehead atoms. The number of rotatable bonds is 4. The molecule has 0 saturated carbocycles. The zero-order valence-corrected chi connectivity index (χ0v) is 11.4. The van der Waals surface area contributed by atoms with Gasteiger partial charge in [-0.1, -0.05) is 13.8 Å². The highest BCUT2D eigenvalue weighted by Gasteiger charge is 2.34. The van der Waals surface area contributed by atoms with Crippen LogP contribution in [0.1, 0.15) is 25.8 Å². The van der Waals surface area contributed by atoms with Gasteiger partial charge >= 0.3 is 0 Å². The molecular formula is C14H20N2O2. The quantitative estimate of drug-likeness (QED) is 0.890. The highest BCUT2D eigenvalue weighted by atomic mass is 16.5. The van der Waals surface area contributed by atoms with Crippen molar-refractivity contribution in [1.82, 2.24) is 5.43 Å². The number of benzene rings is 1. The minimum atomic E-state index is 0.0829. The molecule has 1 aromatic rings. The SMILES string of the molecule is CCC1(C)CNN=C1c1ccc(OC)c(OC)c1. The maximum absolute atomic E-state index is 5.34. The molecule has 0 saturated heterocycles. The molecule has 0 aliphatic carbocycles. The summed E-state index contributed by atoms with van der Waals surface area (Å²) in [6.45, 7) is 5.29. The van der Waals surface area contributed by atoms with Gasteiger partial charge in [0.2, 0.25) is 0 Å². The van der Waals surface area contributed by atoms with E-state index in [4.69, 9.17) is 9.47 Å². The summed E-state index contributed by atoms with van der Waals surface area (Å²) in [5.74, 6) is 1.48. The summed E-state index contributed by atoms with van der Waals surface area (Å²) in [7, 11) is 3.29. The van der Waals surface area contributed by atoms with Gasteiger partial charge in [0.25, 0.3) is 0 Å². The lowest BCUT2D eigenvalue weighted by atomic mass is 9.80. The van der Waals surface area contributed by atoms with Gasteiger partial charge in [0.15, 0.2) is 11.5 Å². The van der Waals surface area contributed by atoms with Crippen LogP contribution < -0.4 is 14.9 Å². The molecule has 0 radical (unpaired) electrons. The van der Waals surface area contributed by atoms with E-state index in [0.717, 1.165) is 35.7 Å². The molecule has 1 N–H and O–H groups in total. The Balaban J connectivity index is 2.40. The van der Waals surface area contributed by atoms with Gasteiger partial charge in [-0.2, -0.15) is 5.10 Å². The van der Waals surface area contributed by atoms with E-state index in [1.807, 2.05) is 18.2 Å². The summed E-state index contributed by atoms with van der Waals surface area (Å²) in [5.41, 5.74) is 5.35. The molecule has 1 unspecified atom stereocenters. The van der Waals surface area contributed by atoms with Crippen molar-refractivity contribution in [1.29, 1.82) is 0 Å². The second kappa shape index (κ2) is 4.88. The van der Waals surface area contributed by atoms with Gasteiger partial charge in [-0.3, -0.25) is 0 Å². The highest BCUT2D eigenvalue weighted by molar-refractivity contribution is 6.05. The first-order valence-electron chi connectivity index (χ1n) is 6.18. The van der Waals surface area contributed by atoms with Crippen molar-refractivity contribution in [2.45, 2.75) is 20.3 Å². The van der Waals surface area contributed by atoms with Gasteiger partial charge in [0.1, 0.15) is 0 Å². The molecule has 18 heavy (non-hydrogen) atoms. The number of methoxy groups -OCH3 is 2. The Bertz CT molecular complexity index is 471. The van der Waals surface area contributed by atoms with Gasteiger partial charge in [-0.05, 0) is 24.6 Å². The van der Waals surface area contributed by atoms with Gasteiger partial charge in [0.05, 0.1) is 19.9 Å². The van der Waals surface area contributed by atoms with Crippen molar-refractivity contribution in [2.75, 3.05) is 20.8 Å². The molecule has 1 aliphatic rings. The topological polar surface area (TPSA) is 42.9 Å². The smallest absolute Gasteiger partial charge is 0.161 e. The van der Waals surface area contributed by atoms with Crippen LogP contribution >= 0.6 is 0 Å². The van der Waals surface area contributed by atoms with Crippen LogP contribution in [-0.2, 0) is 0 Å². The standard InChI is InChI=1S/C14H20N2O2/c1-5-14(2)9-15-16-13(14)10-6-7-11(17-3)12(8-10)18-4/h6-8,15H,5,9H2,1-4H3. The van der Waals surface area contributed by atoms with Crippen molar-refractivity contribution < 1.29 is 9.47 Å². The van der Waals surface area contributed by atoms with E-state index in [9.17, 15) is 0 Å². The maximum atomic E-state index is 5.34. The lowest BCUT2D eigenvalue weighted by molar-refractivity contribution is 0.355. The van der Waals surface area contributed by atoms with Gasteiger partial charge in [-0.15, -0.1) is 0 Å². The Morgan fingerprint density at radius 1 is 1.28 bits per heavy atom. The number of hydrogen-bond donors (Lipinski definition) is 1. The van der Waals surface area contributed by atoms with Crippen LogP contribution in [0.3, 0.4) is 0 Å². The number of hydrazone groups is 1. The Morgan fingerprint density at radius 3 is 2.61 bits per heavy atom. The molecule has 1 heterocycles. The molecule has 0 aromatic heterocycles. The number of ether oxygens (including phenoxy) is 2. The van der Waals surface area contributed by atoms with E-state index in [1.54, 1.807) is 14.2 Å². The monoisotopic (exact) mass is 248 g/mol. The average molecular weight is 248 g/mol. The van der Waals surface area contributed by atoms with E-state index >= 15 is 0 Å². The third-order valence-electron chi connectivity index (χ3n) is 3.67. The highest BCUT2D eigenvalue weighted by Crippen LogP contribution is 2.34. The second-order valence-corrected chi connectivity index (χ2v) is 4.78. The fraction of sp³-hybridized carbons (Fsp3) is 0.500. The lowest BCUT2D eigenvalue weighted by Gasteiger charge is -2.23. The molecule has 0 amide bonds. The van der Waals surface area contributed by atoms with Crippen molar-refractivity contribution in [3.05, 3.63) is 23.8 Å². The normalized spacial score (nSPS) is 22.3. The molecular weight excluding hydrogens is 228 g/mol. The fourth-order valence-electron chi connectivity index (χ4n) is 2.20. The Labute approximate surface area is 108 Å². The van der Waals surface area contributed by atoms with E-state index in [0.29, 0.717) is 0 Å². The Kier molecular flexibility index (Phi) is 3.45. The Hall–Kier alpha value is -1.71. The Morgan fingerprint density at radius 2 is 2.00 bits per heavy atom. The molecule has 2 rings (SSSR count). The first-order valence-corrected chi connectivity index (χ1v) is 6.18. The minimum absolute atomic E-state index is 0.0829. The van der Waals surface area contributed by atoms with Gasteiger partial charge < -0.3 is 14.9 Å². The van der Waals surface area contributed by atoms with Crippen LogP contribution in [0.2, 0.25) is 0 Å². The first kappa shape index (κ1) is 12.7. The third kappa shape index (κ3) is 2.03. The number of nitrogens with zero attached hydrogens (tertiary/aromatic N) is 1. The van der Waals surface area contributed by atoms with Gasteiger partial charge in [-0.25, -0.2) is 0 Å². The molecule has 98 valence electrons. The van der Waals surface area contributed by atoms with Crippen LogP contribution in [-0.4, -0.2) is 26.5 Å². The summed E-state index contributed by atoms with van der Waals surface area (Å²) in [4.78, 5) is 0. The van der Waals surface area contributed by atoms with Crippen molar-refractivity contribution in [2.24, 2.45) is 10.5 Å². The fourth-order valence-corrected chi connectivity index (χ4v) is 2.20. The number of nitrogens with one attached hydrogen (secondary N) is 1. The van der Waals surface area contributed by atoms with Crippen molar-refractivity contribution >= 4 is 5.71 Å². The molecule has 4 heteroatoms. The van der Waals surface area contributed by atoms with E-state index in [1.165, 1.54) is 0 Å². The minimum Gasteiger partial charge on any atom is -0.493 e. The van der Waals surface area contributed by atoms with Crippen LogP contribution in [0.4, 0.5) is 0 Å². The van der Waals surface area contributed by atoms with Gasteiger partial charge in [0, 0.05) is 17.5 Å². The molecule has 1 atom stereocenters. The summed E-state index contributed by atoms with van der Waals surface area (Å²) in [6, 6.07) is 5.94. The average Bonchev–Trinajstić information content (AvgIpc) is 2.80. The summed E-state index contributed by atoms with van der Waals surface area (Å²) >= 11 is 0. The van der Waals surface area contributed by atoms with E-state index < -0.39 is 0 Å². The molecule has 4 nitrogen and oxygen atoms in total. The molecule has 0 fully saturated rings. The first-order chi connectivity index (χ1) is 8.64.